The van der Waals surface area contributed by atoms with Gasteiger partial charge >= 0.3 is 0 Å². The lowest BCUT2D eigenvalue weighted by molar-refractivity contribution is 0.307. The first-order chi connectivity index (χ1) is 16.3. The standard InChI is InChI=1S/C29H25ClN2O/c30-24-17-14-22(15-18-24)16-19-29-31-26-11-3-4-12-27(26)32(29)20-5-6-21-33-28-13-7-9-23-8-1-2-10-25(23)28/h1-4,7-19H,5-6,20-21H2/b19-16+. The summed E-state index contributed by atoms with van der Waals surface area (Å²) in [6.07, 6.45) is 6.14. The molecular formula is C29H25ClN2O. The summed E-state index contributed by atoms with van der Waals surface area (Å²) in [7, 11) is 0. The Morgan fingerprint density at radius 3 is 2.48 bits per heavy atom. The second-order valence-electron chi connectivity index (χ2n) is 8.03. The van der Waals surface area contributed by atoms with Crippen LogP contribution in [0.4, 0.5) is 0 Å². The molecule has 0 aliphatic heterocycles. The SMILES string of the molecule is Clc1ccc(/C=C/c2nc3ccccc3n2CCCCOc2cccc3ccccc23)cc1. The number of hydrogen-bond donors (Lipinski definition) is 0. The minimum Gasteiger partial charge on any atom is -0.493 e. The van der Waals surface area contributed by atoms with Crippen LogP contribution in [0, 0.1) is 0 Å². The van der Waals surface area contributed by atoms with E-state index in [4.69, 9.17) is 21.3 Å². The summed E-state index contributed by atoms with van der Waals surface area (Å²) in [5.41, 5.74) is 3.27. The van der Waals surface area contributed by atoms with Crippen LogP contribution >= 0.6 is 11.6 Å². The van der Waals surface area contributed by atoms with E-state index in [2.05, 4.69) is 71.3 Å². The third-order valence-electron chi connectivity index (χ3n) is 5.76. The highest BCUT2D eigenvalue weighted by Crippen LogP contribution is 2.25. The third-order valence-corrected chi connectivity index (χ3v) is 6.01. The number of unbranched alkanes of at least 4 members (excludes halogenated alkanes) is 1. The van der Waals surface area contributed by atoms with Gasteiger partial charge in [0.2, 0.25) is 0 Å². The summed E-state index contributed by atoms with van der Waals surface area (Å²) < 4.78 is 8.41. The molecule has 4 aromatic carbocycles. The van der Waals surface area contributed by atoms with Gasteiger partial charge in [0.05, 0.1) is 17.6 Å². The maximum atomic E-state index is 6.12. The fraction of sp³-hybridized carbons (Fsp3) is 0.138. The van der Waals surface area contributed by atoms with Gasteiger partial charge in [-0.05, 0) is 60.2 Å². The Hall–Kier alpha value is -3.56. The first kappa shape index (κ1) is 21.3. The normalized spacial score (nSPS) is 11.5. The van der Waals surface area contributed by atoms with Crippen LogP contribution in [0.25, 0.3) is 34.0 Å². The Morgan fingerprint density at radius 1 is 0.788 bits per heavy atom. The number of hydrogen-bond acceptors (Lipinski definition) is 2. The molecule has 4 heteroatoms. The zero-order valence-electron chi connectivity index (χ0n) is 18.3. The van der Waals surface area contributed by atoms with Gasteiger partial charge in [-0.15, -0.1) is 0 Å². The van der Waals surface area contributed by atoms with Crippen LogP contribution in [0.2, 0.25) is 5.02 Å². The highest BCUT2D eigenvalue weighted by molar-refractivity contribution is 6.30. The molecule has 0 unspecified atom stereocenters. The smallest absolute Gasteiger partial charge is 0.133 e. The van der Waals surface area contributed by atoms with Crippen molar-refractivity contribution in [1.29, 1.82) is 0 Å². The van der Waals surface area contributed by atoms with E-state index in [1.165, 1.54) is 5.39 Å². The van der Waals surface area contributed by atoms with Crippen LogP contribution in [-0.4, -0.2) is 16.2 Å². The van der Waals surface area contributed by atoms with E-state index < -0.39 is 0 Å². The summed E-state index contributed by atoms with van der Waals surface area (Å²) >= 11 is 6.01. The van der Waals surface area contributed by atoms with Crippen molar-refractivity contribution in [2.45, 2.75) is 19.4 Å². The Labute approximate surface area is 198 Å². The Balaban J connectivity index is 1.26. The van der Waals surface area contributed by atoms with Gasteiger partial charge in [0.25, 0.3) is 0 Å². The van der Waals surface area contributed by atoms with Crippen molar-refractivity contribution < 1.29 is 4.74 Å². The molecule has 0 aliphatic carbocycles. The molecule has 0 radical (unpaired) electrons. The van der Waals surface area contributed by atoms with Gasteiger partial charge in [-0.25, -0.2) is 4.98 Å². The molecule has 5 aromatic rings. The highest BCUT2D eigenvalue weighted by Gasteiger charge is 2.08. The molecule has 0 atom stereocenters. The number of nitrogens with zero attached hydrogens (tertiary/aromatic N) is 2. The fourth-order valence-electron chi connectivity index (χ4n) is 4.08. The average molecular weight is 453 g/mol. The average Bonchev–Trinajstić information content (AvgIpc) is 3.21. The van der Waals surface area contributed by atoms with Crippen molar-refractivity contribution in [1.82, 2.24) is 9.55 Å². The molecule has 3 nitrogen and oxygen atoms in total. The first-order valence-electron chi connectivity index (χ1n) is 11.3. The fourth-order valence-corrected chi connectivity index (χ4v) is 4.20. The molecule has 33 heavy (non-hydrogen) atoms. The number of rotatable bonds is 8. The van der Waals surface area contributed by atoms with Crippen molar-refractivity contribution >= 4 is 45.6 Å². The highest BCUT2D eigenvalue weighted by atomic mass is 35.5. The zero-order valence-corrected chi connectivity index (χ0v) is 19.1. The molecular weight excluding hydrogens is 428 g/mol. The summed E-state index contributed by atoms with van der Waals surface area (Å²) in [6, 6.07) is 30.7. The number of aromatic nitrogens is 2. The van der Waals surface area contributed by atoms with Crippen molar-refractivity contribution in [3.05, 3.63) is 107 Å². The number of fused-ring (bicyclic) bond motifs is 2. The Bertz CT molecular complexity index is 1400. The van der Waals surface area contributed by atoms with Gasteiger partial charge in [-0.1, -0.05) is 78.3 Å². The van der Waals surface area contributed by atoms with Crippen molar-refractivity contribution in [3.63, 3.8) is 0 Å². The molecule has 0 saturated heterocycles. The van der Waals surface area contributed by atoms with Crippen molar-refractivity contribution in [2.24, 2.45) is 0 Å². The largest absolute Gasteiger partial charge is 0.493 e. The monoisotopic (exact) mass is 452 g/mol. The predicted octanol–water partition coefficient (Wildman–Crippen LogP) is 7.87. The molecule has 0 N–H and O–H groups in total. The van der Waals surface area contributed by atoms with E-state index in [9.17, 15) is 0 Å². The van der Waals surface area contributed by atoms with Gasteiger partial charge in [0, 0.05) is 17.0 Å². The van der Waals surface area contributed by atoms with Gasteiger partial charge in [-0.2, -0.15) is 0 Å². The van der Waals surface area contributed by atoms with E-state index in [1.54, 1.807) is 0 Å². The molecule has 0 spiro atoms. The molecule has 0 fully saturated rings. The quantitative estimate of drug-likeness (QED) is 0.224. The molecule has 5 rings (SSSR count). The molecule has 1 heterocycles. The summed E-state index contributed by atoms with van der Waals surface area (Å²) in [5.74, 6) is 1.91. The van der Waals surface area contributed by atoms with E-state index >= 15 is 0 Å². The maximum absolute atomic E-state index is 6.12. The maximum Gasteiger partial charge on any atom is 0.133 e. The number of para-hydroxylation sites is 2. The molecule has 0 saturated carbocycles. The van der Waals surface area contributed by atoms with Gasteiger partial charge in [0.1, 0.15) is 11.6 Å². The van der Waals surface area contributed by atoms with Crippen LogP contribution in [0.1, 0.15) is 24.2 Å². The van der Waals surface area contributed by atoms with E-state index in [0.29, 0.717) is 6.61 Å². The molecule has 0 amide bonds. The minimum atomic E-state index is 0.691. The van der Waals surface area contributed by atoms with Gasteiger partial charge in [-0.3, -0.25) is 0 Å². The Morgan fingerprint density at radius 2 is 1.58 bits per heavy atom. The lowest BCUT2D eigenvalue weighted by atomic mass is 10.1. The van der Waals surface area contributed by atoms with E-state index in [1.807, 2.05) is 36.4 Å². The molecule has 1 aromatic heterocycles. The molecule has 0 bridgehead atoms. The minimum absolute atomic E-state index is 0.691. The van der Waals surface area contributed by atoms with Crippen LogP contribution in [0.3, 0.4) is 0 Å². The molecule has 0 aliphatic rings. The number of ether oxygens (including phenoxy) is 1. The first-order valence-corrected chi connectivity index (χ1v) is 11.7. The van der Waals surface area contributed by atoms with E-state index in [-0.39, 0.29) is 0 Å². The summed E-state index contributed by atoms with van der Waals surface area (Å²) in [6.45, 7) is 1.58. The number of aryl methyl sites for hydroxylation is 1. The number of imidazole rings is 1. The van der Waals surface area contributed by atoms with Crippen molar-refractivity contribution in [2.75, 3.05) is 6.61 Å². The van der Waals surface area contributed by atoms with Crippen molar-refractivity contribution in [3.8, 4) is 5.75 Å². The van der Waals surface area contributed by atoms with Crippen LogP contribution in [-0.2, 0) is 6.54 Å². The number of halogens is 1. The second kappa shape index (κ2) is 9.93. The van der Waals surface area contributed by atoms with Crippen LogP contribution in [0.15, 0.2) is 91.0 Å². The van der Waals surface area contributed by atoms with E-state index in [0.717, 1.165) is 58.0 Å². The lowest BCUT2D eigenvalue weighted by Gasteiger charge is -2.10. The topological polar surface area (TPSA) is 27.1 Å². The zero-order chi connectivity index (χ0) is 22.5. The van der Waals surface area contributed by atoms with Crippen LogP contribution < -0.4 is 4.74 Å². The van der Waals surface area contributed by atoms with Gasteiger partial charge in [0.15, 0.2) is 0 Å². The van der Waals surface area contributed by atoms with Gasteiger partial charge < -0.3 is 9.30 Å². The second-order valence-corrected chi connectivity index (χ2v) is 8.46. The summed E-state index contributed by atoms with van der Waals surface area (Å²) in [4.78, 5) is 4.84. The third kappa shape index (κ3) is 4.94. The van der Waals surface area contributed by atoms with Crippen LogP contribution in [0.5, 0.6) is 5.75 Å². The predicted molar refractivity (Wildman–Crippen MR) is 139 cm³/mol. The number of benzene rings is 4. The lowest BCUT2D eigenvalue weighted by Crippen LogP contribution is -2.04. The molecule has 164 valence electrons. The summed E-state index contributed by atoms with van der Waals surface area (Å²) in [5, 5.41) is 3.11. The Kier molecular flexibility index (Phi) is 6.41.